The van der Waals surface area contributed by atoms with Crippen LogP contribution in [-0.2, 0) is 6.42 Å². The third-order valence-corrected chi connectivity index (χ3v) is 3.88. The van der Waals surface area contributed by atoms with E-state index in [9.17, 15) is 4.79 Å². The lowest BCUT2D eigenvalue weighted by atomic mass is 10.1. The fourth-order valence-electron chi connectivity index (χ4n) is 2.11. The number of H-pyrrole nitrogens is 1. The number of benzene rings is 1. The molecular formula is C14H14N4OS. The molecule has 0 unspecified atom stereocenters. The number of carbonyl (C=O) groups is 1. The summed E-state index contributed by atoms with van der Waals surface area (Å²) >= 11 is 1.13. The summed E-state index contributed by atoms with van der Waals surface area (Å²) in [6, 6.07) is 8.14. The second kappa shape index (κ2) is 5.42. The lowest BCUT2D eigenvalue weighted by molar-refractivity contribution is 0.0953. The molecule has 2 N–H and O–H groups in total. The number of fused-ring (bicyclic) bond motifs is 1. The summed E-state index contributed by atoms with van der Waals surface area (Å²) < 4.78 is 4.00. The Labute approximate surface area is 120 Å². The van der Waals surface area contributed by atoms with E-state index in [2.05, 4.69) is 25.7 Å². The number of nitrogens with zero attached hydrogens (tertiary/aromatic N) is 2. The maximum absolute atomic E-state index is 11.8. The number of para-hydroxylation sites is 1. The van der Waals surface area contributed by atoms with Crippen molar-refractivity contribution < 1.29 is 4.79 Å². The fraction of sp³-hybridized carbons (Fsp3) is 0.214. The van der Waals surface area contributed by atoms with Crippen molar-refractivity contribution in [3.05, 3.63) is 46.9 Å². The Bertz CT molecular complexity index is 746. The van der Waals surface area contributed by atoms with Gasteiger partial charge in [-0.05, 0) is 36.5 Å². The van der Waals surface area contributed by atoms with Gasteiger partial charge in [-0.2, -0.15) is 4.37 Å². The van der Waals surface area contributed by atoms with Crippen LogP contribution in [0.25, 0.3) is 10.9 Å². The highest BCUT2D eigenvalue weighted by Crippen LogP contribution is 2.17. The quantitative estimate of drug-likeness (QED) is 0.773. The largest absolute Gasteiger partial charge is 0.361 e. The Balaban J connectivity index is 1.61. The van der Waals surface area contributed by atoms with Gasteiger partial charge in [0.1, 0.15) is 5.82 Å². The molecule has 0 saturated carbocycles. The molecule has 1 aromatic carbocycles. The van der Waals surface area contributed by atoms with Crippen molar-refractivity contribution in [2.45, 2.75) is 13.3 Å². The van der Waals surface area contributed by atoms with Gasteiger partial charge in [0.05, 0.1) is 0 Å². The number of aromatic nitrogens is 3. The monoisotopic (exact) mass is 286 g/mol. The number of hydrogen-bond donors (Lipinski definition) is 2. The minimum Gasteiger partial charge on any atom is -0.361 e. The second-order valence-electron chi connectivity index (χ2n) is 4.51. The molecule has 2 aromatic heterocycles. The summed E-state index contributed by atoms with van der Waals surface area (Å²) in [5.74, 6) is 0.479. The van der Waals surface area contributed by atoms with Gasteiger partial charge in [0.25, 0.3) is 5.91 Å². The molecule has 0 atom stereocenters. The molecule has 1 amide bonds. The molecule has 0 aliphatic rings. The van der Waals surface area contributed by atoms with Gasteiger partial charge < -0.3 is 10.3 Å². The average molecular weight is 286 g/mol. The van der Waals surface area contributed by atoms with Crippen LogP contribution in [0.2, 0.25) is 0 Å². The zero-order valence-electron chi connectivity index (χ0n) is 11.0. The van der Waals surface area contributed by atoms with Gasteiger partial charge in [0.2, 0.25) is 5.01 Å². The summed E-state index contributed by atoms with van der Waals surface area (Å²) in [5.41, 5.74) is 2.32. The van der Waals surface area contributed by atoms with Crippen molar-refractivity contribution in [2.75, 3.05) is 6.54 Å². The first-order chi connectivity index (χ1) is 9.74. The second-order valence-corrected chi connectivity index (χ2v) is 5.26. The van der Waals surface area contributed by atoms with E-state index in [1.807, 2.05) is 24.4 Å². The molecular weight excluding hydrogens is 272 g/mol. The Hall–Kier alpha value is -2.21. The van der Waals surface area contributed by atoms with E-state index < -0.39 is 0 Å². The van der Waals surface area contributed by atoms with Crippen LogP contribution < -0.4 is 5.32 Å². The minimum atomic E-state index is -0.157. The van der Waals surface area contributed by atoms with Crippen LogP contribution in [0.1, 0.15) is 21.2 Å². The molecule has 0 spiro atoms. The number of rotatable bonds is 4. The summed E-state index contributed by atoms with van der Waals surface area (Å²) in [7, 11) is 0. The third kappa shape index (κ3) is 2.55. The van der Waals surface area contributed by atoms with Gasteiger partial charge in [0, 0.05) is 23.6 Å². The zero-order chi connectivity index (χ0) is 13.9. The van der Waals surface area contributed by atoms with Crippen molar-refractivity contribution in [3.8, 4) is 0 Å². The Morgan fingerprint density at radius 1 is 1.40 bits per heavy atom. The maximum atomic E-state index is 11.8. The van der Waals surface area contributed by atoms with Crippen LogP contribution in [-0.4, -0.2) is 26.8 Å². The molecule has 0 fully saturated rings. The van der Waals surface area contributed by atoms with Crippen molar-refractivity contribution in [3.63, 3.8) is 0 Å². The van der Waals surface area contributed by atoms with Gasteiger partial charge in [-0.25, -0.2) is 4.98 Å². The molecule has 0 bridgehead atoms. The Kier molecular flexibility index (Phi) is 3.47. The smallest absolute Gasteiger partial charge is 0.281 e. The SMILES string of the molecule is Cc1nsc(C(=O)NCCc2c[nH]c3ccccc23)n1. The van der Waals surface area contributed by atoms with Crippen LogP contribution in [0, 0.1) is 6.92 Å². The normalized spacial score (nSPS) is 10.8. The third-order valence-electron chi connectivity index (χ3n) is 3.08. The van der Waals surface area contributed by atoms with E-state index >= 15 is 0 Å². The van der Waals surface area contributed by atoms with Crippen LogP contribution in [0.15, 0.2) is 30.5 Å². The lowest BCUT2D eigenvalue weighted by Gasteiger charge is -2.02. The number of nitrogens with one attached hydrogen (secondary N) is 2. The molecule has 0 saturated heterocycles. The summed E-state index contributed by atoms with van der Waals surface area (Å²) in [5, 5.41) is 4.49. The first kappa shape index (κ1) is 12.8. The molecule has 20 heavy (non-hydrogen) atoms. The number of amides is 1. The van der Waals surface area contributed by atoms with Crippen LogP contribution in [0.5, 0.6) is 0 Å². The van der Waals surface area contributed by atoms with Crippen molar-refractivity contribution >= 4 is 28.3 Å². The maximum Gasteiger partial charge on any atom is 0.281 e. The summed E-state index contributed by atoms with van der Waals surface area (Å²) in [4.78, 5) is 19.1. The number of hydrogen-bond acceptors (Lipinski definition) is 4. The highest BCUT2D eigenvalue weighted by atomic mass is 32.1. The number of aryl methyl sites for hydroxylation is 1. The van der Waals surface area contributed by atoms with Gasteiger partial charge in [0.15, 0.2) is 0 Å². The van der Waals surface area contributed by atoms with E-state index in [0.29, 0.717) is 17.4 Å². The van der Waals surface area contributed by atoms with E-state index in [4.69, 9.17) is 0 Å². The molecule has 6 heteroatoms. The summed E-state index contributed by atoms with van der Waals surface area (Å²) in [6.45, 7) is 2.36. The van der Waals surface area contributed by atoms with Gasteiger partial charge in [-0.1, -0.05) is 18.2 Å². The minimum absolute atomic E-state index is 0.157. The van der Waals surface area contributed by atoms with Crippen molar-refractivity contribution in [1.82, 2.24) is 19.7 Å². The fourth-order valence-corrected chi connectivity index (χ4v) is 2.70. The first-order valence-corrected chi connectivity index (χ1v) is 7.15. The van der Waals surface area contributed by atoms with Crippen molar-refractivity contribution in [1.29, 1.82) is 0 Å². The van der Waals surface area contributed by atoms with Crippen molar-refractivity contribution in [2.24, 2.45) is 0 Å². The Morgan fingerprint density at radius 3 is 3.05 bits per heavy atom. The molecule has 5 nitrogen and oxygen atoms in total. The molecule has 3 aromatic rings. The van der Waals surface area contributed by atoms with Crippen LogP contribution in [0.3, 0.4) is 0 Å². The van der Waals surface area contributed by atoms with E-state index in [-0.39, 0.29) is 5.91 Å². The highest BCUT2D eigenvalue weighted by molar-refractivity contribution is 7.07. The van der Waals surface area contributed by atoms with Crippen LogP contribution in [0.4, 0.5) is 0 Å². The average Bonchev–Trinajstić information content (AvgIpc) is 3.06. The summed E-state index contributed by atoms with van der Waals surface area (Å²) in [6.07, 6.45) is 2.78. The van der Waals surface area contributed by atoms with Gasteiger partial charge in [-0.3, -0.25) is 4.79 Å². The van der Waals surface area contributed by atoms with E-state index in [0.717, 1.165) is 23.5 Å². The predicted molar refractivity (Wildman–Crippen MR) is 79.0 cm³/mol. The molecule has 2 heterocycles. The molecule has 0 radical (unpaired) electrons. The van der Waals surface area contributed by atoms with Gasteiger partial charge >= 0.3 is 0 Å². The standard InChI is InChI=1S/C14H14N4OS/c1-9-17-14(20-18-9)13(19)15-7-6-10-8-16-12-5-3-2-4-11(10)12/h2-5,8,16H,6-7H2,1H3,(H,15,19). The number of aromatic amines is 1. The lowest BCUT2D eigenvalue weighted by Crippen LogP contribution is -2.25. The Morgan fingerprint density at radius 2 is 2.25 bits per heavy atom. The molecule has 0 aliphatic heterocycles. The first-order valence-electron chi connectivity index (χ1n) is 6.37. The highest BCUT2D eigenvalue weighted by Gasteiger charge is 2.10. The molecule has 0 aliphatic carbocycles. The molecule has 102 valence electrons. The zero-order valence-corrected chi connectivity index (χ0v) is 11.8. The van der Waals surface area contributed by atoms with Crippen LogP contribution >= 0.6 is 11.5 Å². The molecule has 3 rings (SSSR count). The van der Waals surface area contributed by atoms with E-state index in [1.165, 1.54) is 10.9 Å². The van der Waals surface area contributed by atoms with E-state index in [1.54, 1.807) is 6.92 Å². The number of carbonyl (C=O) groups excluding carboxylic acids is 1. The van der Waals surface area contributed by atoms with Gasteiger partial charge in [-0.15, -0.1) is 0 Å². The topological polar surface area (TPSA) is 70.7 Å². The predicted octanol–water partition coefficient (Wildman–Crippen LogP) is 2.30.